The zero-order valence-electron chi connectivity index (χ0n) is 24.5. The summed E-state index contributed by atoms with van der Waals surface area (Å²) in [5.41, 5.74) is 0.245. The van der Waals surface area contributed by atoms with Crippen LogP contribution >= 0.6 is 23.2 Å². The van der Waals surface area contributed by atoms with Gasteiger partial charge in [0.05, 0.1) is 10.4 Å². The maximum atomic E-state index is 14.0. The Bertz CT molecular complexity index is 1900. The minimum absolute atomic E-state index is 0.00209. The summed E-state index contributed by atoms with van der Waals surface area (Å²) in [6.07, 6.45) is 5.05. The normalized spacial score (nSPS) is 15.7. The molecule has 1 N–H and O–H groups in total. The first kappa shape index (κ1) is 32.6. The number of aromatic nitrogens is 1. The van der Waals surface area contributed by atoms with Gasteiger partial charge in [-0.3, -0.25) is 14.6 Å². The number of halogens is 2. The van der Waals surface area contributed by atoms with Crippen LogP contribution in [0.2, 0.25) is 10.0 Å². The zero-order valence-corrected chi connectivity index (χ0v) is 26.9. The van der Waals surface area contributed by atoms with E-state index in [0.717, 1.165) is 23.6 Å². The van der Waals surface area contributed by atoms with Gasteiger partial charge in [0.1, 0.15) is 17.4 Å². The number of fused-ring (bicyclic) bond motifs is 1. The largest absolute Gasteiger partial charge is 0.427 e. The lowest BCUT2D eigenvalue weighted by Gasteiger charge is -2.39. The van der Waals surface area contributed by atoms with Crippen LogP contribution in [0.5, 0.6) is 0 Å². The van der Waals surface area contributed by atoms with Crippen LogP contribution in [0.4, 0.5) is 0 Å². The molecule has 1 aliphatic heterocycles. The summed E-state index contributed by atoms with van der Waals surface area (Å²) in [5.74, 6) is -0.788. The van der Waals surface area contributed by atoms with Crippen molar-refractivity contribution < 1.29 is 22.4 Å². The number of carbonyl (C=O) groups excluding carboxylic acids is 2. The van der Waals surface area contributed by atoms with E-state index in [2.05, 4.69) is 17.2 Å². The van der Waals surface area contributed by atoms with Crippen LogP contribution < -0.4 is 10.9 Å². The summed E-state index contributed by atoms with van der Waals surface area (Å²) in [6, 6.07) is 14.6. The van der Waals surface area contributed by atoms with Crippen LogP contribution in [0.15, 0.2) is 81.0 Å². The van der Waals surface area contributed by atoms with Crippen molar-refractivity contribution in [1.82, 2.24) is 19.5 Å². The lowest BCUT2D eigenvalue weighted by molar-refractivity contribution is -0.126. The first-order chi connectivity index (χ1) is 21.6. The second kappa shape index (κ2) is 14.1. The van der Waals surface area contributed by atoms with Gasteiger partial charge in [-0.1, -0.05) is 55.1 Å². The standard InChI is InChI=1S/C32H32Cl2N4O6S/c1-2-3-4-7-24-10-12-26(32(41)44-24)31(40)37-15-16-38(45(42,43)25-11-13-28-21(17-25)6-5-14-35-28)29(20-37)30(39)36-19-22-8-9-23(33)18-27(22)34/h5-6,8-14,17-18,29H,2-4,7,15-16,19-20H2,1H3,(H,36,39). The Morgan fingerprint density at radius 2 is 1.87 bits per heavy atom. The Morgan fingerprint density at radius 3 is 2.62 bits per heavy atom. The molecule has 5 rings (SSSR count). The number of pyridine rings is 1. The minimum atomic E-state index is -4.20. The van der Waals surface area contributed by atoms with Crippen molar-refractivity contribution in [3.8, 4) is 0 Å². The lowest BCUT2D eigenvalue weighted by Crippen LogP contribution is -2.61. The van der Waals surface area contributed by atoms with Crippen LogP contribution in [0.3, 0.4) is 0 Å². The fourth-order valence-corrected chi connectivity index (χ4v) is 7.31. The number of nitrogens with one attached hydrogen (secondary N) is 1. The molecular weight excluding hydrogens is 639 g/mol. The molecule has 1 aliphatic rings. The highest BCUT2D eigenvalue weighted by atomic mass is 35.5. The average Bonchev–Trinajstić information content (AvgIpc) is 3.03. The number of hydrogen-bond donors (Lipinski definition) is 1. The molecule has 0 bridgehead atoms. The number of piperazine rings is 1. The number of nitrogens with zero attached hydrogens (tertiary/aromatic N) is 3. The Morgan fingerprint density at radius 1 is 1.04 bits per heavy atom. The summed E-state index contributed by atoms with van der Waals surface area (Å²) < 4.78 is 34.4. The van der Waals surface area contributed by atoms with Crippen molar-refractivity contribution in [2.75, 3.05) is 19.6 Å². The molecule has 13 heteroatoms. The number of hydrogen-bond acceptors (Lipinski definition) is 7. The quantitative estimate of drug-likeness (QED) is 0.234. The molecule has 236 valence electrons. The Kier molecular flexibility index (Phi) is 10.2. The first-order valence-electron chi connectivity index (χ1n) is 14.6. The predicted molar refractivity (Wildman–Crippen MR) is 172 cm³/mol. The van der Waals surface area contributed by atoms with E-state index >= 15 is 0 Å². The molecule has 0 radical (unpaired) electrons. The summed E-state index contributed by atoms with van der Waals surface area (Å²) in [6.45, 7) is 1.56. The van der Waals surface area contributed by atoms with Crippen molar-refractivity contribution in [3.63, 3.8) is 0 Å². The maximum Gasteiger partial charge on any atom is 0.348 e. The molecule has 0 aliphatic carbocycles. The molecule has 0 spiro atoms. The fraction of sp³-hybridized carbons (Fsp3) is 0.312. The monoisotopic (exact) mass is 670 g/mol. The third-order valence-electron chi connectivity index (χ3n) is 7.71. The van der Waals surface area contributed by atoms with Gasteiger partial charge in [-0.15, -0.1) is 0 Å². The second-order valence-corrected chi connectivity index (χ2v) is 13.5. The highest BCUT2D eigenvalue weighted by molar-refractivity contribution is 7.89. The van der Waals surface area contributed by atoms with E-state index < -0.39 is 33.5 Å². The van der Waals surface area contributed by atoms with Crippen molar-refractivity contribution in [2.45, 2.75) is 50.1 Å². The highest BCUT2D eigenvalue weighted by Gasteiger charge is 2.42. The van der Waals surface area contributed by atoms with E-state index in [0.29, 0.717) is 38.7 Å². The third kappa shape index (κ3) is 7.38. The van der Waals surface area contributed by atoms with E-state index in [-0.39, 0.29) is 36.6 Å². The molecule has 10 nitrogen and oxygen atoms in total. The van der Waals surface area contributed by atoms with Gasteiger partial charge in [-0.2, -0.15) is 4.31 Å². The SMILES string of the molecule is CCCCCc1ccc(C(=O)N2CCN(S(=O)(=O)c3ccc4ncccc4c3)C(C(=O)NCc3ccc(Cl)cc3Cl)C2)c(=O)o1. The molecule has 1 fully saturated rings. The van der Waals surface area contributed by atoms with E-state index in [1.54, 1.807) is 42.6 Å². The van der Waals surface area contributed by atoms with Crippen molar-refractivity contribution in [3.05, 3.63) is 104 Å². The van der Waals surface area contributed by atoms with Gasteiger partial charge >= 0.3 is 5.63 Å². The van der Waals surface area contributed by atoms with Gasteiger partial charge in [-0.05, 0) is 60.5 Å². The molecular formula is C32H32Cl2N4O6S. The molecule has 0 saturated carbocycles. The molecule has 2 aromatic carbocycles. The summed E-state index contributed by atoms with van der Waals surface area (Å²) in [5, 5.41) is 4.14. The summed E-state index contributed by atoms with van der Waals surface area (Å²) >= 11 is 12.3. The van der Waals surface area contributed by atoms with E-state index in [1.165, 1.54) is 29.2 Å². The number of unbranched alkanes of at least 4 members (excludes halogenated alkanes) is 2. The van der Waals surface area contributed by atoms with Gasteiger partial charge in [0.2, 0.25) is 15.9 Å². The summed E-state index contributed by atoms with van der Waals surface area (Å²) in [4.78, 5) is 45.5. The smallest absolute Gasteiger partial charge is 0.348 e. The van der Waals surface area contributed by atoms with Crippen molar-refractivity contribution in [2.24, 2.45) is 0 Å². The van der Waals surface area contributed by atoms with Crippen molar-refractivity contribution >= 4 is 55.9 Å². The number of benzene rings is 2. The molecule has 3 heterocycles. The third-order valence-corrected chi connectivity index (χ3v) is 10.2. The van der Waals surface area contributed by atoms with Gasteiger partial charge in [0.25, 0.3) is 5.91 Å². The van der Waals surface area contributed by atoms with Crippen LogP contribution in [0.25, 0.3) is 10.9 Å². The van der Waals surface area contributed by atoms with Crippen LogP contribution in [-0.2, 0) is 27.8 Å². The Balaban J connectivity index is 1.42. The molecule has 2 aromatic heterocycles. The Labute approximate surface area is 271 Å². The van der Waals surface area contributed by atoms with Crippen LogP contribution in [0, 0.1) is 0 Å². The number of amides is 2. The molecule has 1 unspecified atom stereocenters. The fourth-order valence-electron chi connectivity index (χ4n) is 5.23. The average molecular weight is 672 g/mol. The lowest BCUT2D eigenvalue weighted by atomic mass is 10.1. The number of rotatable bonds is 10. The highest BCUT2D eigenvalue weighted by Crippen LogP contribution is 2.26. The zero-order chi connectivity index (χ0) is 32.1. The molecule has 1 saturated heterocycles. The van der Waals surface area contributed by atoms with Gasteiger partial charge < -0.3 is 14.6 Å². The van der Waals surface area contributed by atoms with Gasteiger partial charge in [-0.25, -0.2) is 13.2 Å². The first-order valence-corrected chi connectivity index (χ1v) is 16.8. The van der Waals surface area contributed by atoms with Crippen LogP contribution in [-0.4, -0.2) is 60.1 Å². The number of carbonyl (C=O) groups is 2. The maximum absolute atomic E-state index is 14.0. The minimum Gasteiger partial charge on any atom is -0.427 e. The van der Waals surface area contributed by atoms with Gasteiger partial charge in [0.15, 0.2) is 0 Å². The molecule has 2 amide bonds. The molecule has 4 aromatic rings. The van der Waals surface area contributed by atoms with Crippen LogP contribution in [0.1, 0.15) is 47.9 Å². The number of sulfonamides is 1. The topological polar surface area (TPSA) is 130 Å². The predicted octanol–water partition coefficient (Wildman–Crippen LogP) is 5.06. The van der Waals surface area contributed by atoms with E-state index in [9.17, 15) is 22.8 Å². The molecule has 45 heavy (non-hydrogen) atoms. The Hall–Kier alpha value is -3.77. The van der Waals surface area contributed by atoms with Gasteiger partial charge in [0, 0.05) is 54.2 Å². The summed E-state index contributed by atoms with van der Waals surface area (Å²) in [7, 11) is -4.20. The molecule has 1 atom stereocenters. The van der Waals surface area contributed by atoms with E-state index in [4.69, 9.17) is 27.6 Å². The van der Waals surface area contributed by atoms with E-state index in [1.807, 2.05) is 0 Å². The second-order valence-electron chi connectivity index (χ2n) is 10.8. The van der Waals surface area contributed by atoms with Crippen molar-refractivity contribution in [1.29, 1.82) is 0 Å². The number of aryl methyl sites for hydroxylation is 1.